The van der Waals surface area contributed by atoms with E-state index >= 15 is 0 Å². The maximum atomic E-state index is 4.97. The average molecular weight is 413 g/mol. The lowest BCUT2D eigenvalue weighted by atomic mass is 10.1. The van der Waals surface area contributed by atoms with Crippen molar-refractivity contribution in [1.29, 1.82) is 0 Å². The van der Waals surface area contributed by atoms with Gasteiger partial charge in [-0.3, -0.25) is 0 Å². The van der Waals surface area contributed by atoms with Crippen LogP contribution in [0.25, 0.3) is 0 Å². The Morgan fingerprint density at radius 1 is 0.700 bits per heavy atom. The summed E-state index contributed by atoms with van der Waals surface area (Å²) in [4.78, 5) is 14.7. The van der Waals surface area contributed by atoms with Crippen LogP contribution in [-0.4, -0.2) is 59.0 Å². The van der Waals surface area contributed by atoms with Gasteiger partial charge < -0.3 is 20.4 Å². The standard InChI is InChI=1S/C24H40N6/c1-23(2,3)27-21(29-14-7-8-15-29)25-19-12-11-13-20(18-19)26-22(28-24(4,5)6)30-16-9-10-17-30/h11-13,18H,7-10,14-17H2,1-6H3,(H,25,27)(H,26,28). The average Bonchev–Trinajstić information content (AvgIpc) is 3.33. The molecular formula is C24H40N6. The van der Waals surface area contributed by atoms with Gasteiger partial charge in [-0.25, -0.2) is 9.98 Å². The van der Waals surface area contributed by atoms with Gasteiger partial charge in [-0.1, -0.05) is 6.07 Å². The monoisotopic (exact) mass is 412 g/mol. The molecule has 1 aromatic rings. The molecule has 0 atom stereocenters. The molecule has 0 bridgehead atoms. The fourth-order valence-corrected chi connectivity index (χ4v) is 3.78. The summed E-state index contributed by atoms with van der Waals surface area (Å²) in [5.41, 5.74) is 1.85. The summed E-state index contributed by atoms with van der Waals surface area (Å²) in [7, 11) is 0. The molecule has 30 heavy (non-hydrogen) atoms. The molecule has 1 aromatic carbocycles. The van der Waals surface area contributed by atoms with Crippen LogP contribution in [0.2, 0.25) is 0 Å². The first kappa shape index (κ1) is 22.4. The largest absolute Gasteiger partial charge is 0.343 e. The molecule has 0 aromatic heterocycles. The molecule has 2 heterocycles. The van der Waals surface area contributed by atoms with Crippen molar-refractivity contribution < 1.29 is 0 Å². The Hall–Kier alpha value is -2.24. The number of hydrogen-bond acceptors (Lipinski definition) is 2. The summed E-state index contributed by atoms with van der Waals surface area (Å²) in [6.45, 7) is 17.1. The van der Waals surface area contributed by atoms with E-state index in [2.05, 4.69) is 86.2 Å². The zero-order chi connectivity index (χ0) is 21.8. The third kappa shape index (κ3) is 6.92. The van der Waals surface area contributed by atoms with Gasteiger partial charge >= 0.3 is 0 Å². The van der Waals surface area contributed by atoms with Crippen molar-refractivity contribution in [3.05, 3.63) is 24.3 Å². The SMILES string of the molecule is CC(C)(C)N=C(Nc1cccc(NC(=NC(C)(C)C)N2CCCC2)c1)N1CCCC1. The Bertz CT molecular complexity index is 695. The molecule has 3 rings (SSSR count). The topological polar surface area (TPSA) is 55.3 Å². The lowest BCUT2D eigenvalue weighted by Gasteiger charge is -2.26. The Morgan fingerprint density at radius 2 is 1.07 bits per heavy atom. The molecule has 0 amide bonds. The molecule has 0 saturated carbocycles. The molecule has 2 saturated heterocycles. The van der Waals surface area contributed by atoms with E-state index in [9.17, 15) is 0 Å². The second-order valence-electron chi connectivity index (χ2n) is 10.4. The second-order valence-corrected chi connectivity index (χ2v) is 10.4. The first-order valence-corrected chi connectivity index (χ1v) is 11.4. The Kier molecular flexibility index (Phi) is 6.94. The number of nitrogens with one attached hydrogen (secondary N) is 2. The molecule has 2 aliphatic rings. The molecule has 2 aliphatic heterocycles. The highest BCUT2D eigenvalue weighted by molar-refractivity contribution is 5.97. The van der Waals surface area contributed by atoms with Crippen molar-refractivity contribution in [2.24, 2.45) is 9.98 Å². The van der Waals surface area contributed by atoms with Gasteiger partial charge in [0.15, 0.2) is 11.9 Å². The normalized spacial score (nSPS) is 18.9. The van der Waals surface area contributed by atoms with E-state index in [1.165, 1.54) is 25.7 Å². The minimum absolute atomic E-state index is 0.122. The van der Waals surface area contributed by atoms with Gasteiger partial charge in [-0.05, 0) is 85.4 Å². The summed E-state index contributed by atoms with van der Waals surface area (Å²) >= 11 is 0. The van der Waals surface area contributed by atoms with Crippen molar-refractivity contribution in [1.82, 2.24) is 9.80 Å². The maximum Gasteiger partial charge on any atom is 0.198 e. The van der Waals surface area contributed by atoms with Crippen LogP contribution in [0.15, 0.2) is 34.3 Å². The van der Waals surface area contributed by atoms with E-state index in [1.54, 1.807) is 0 Å². The molecule has 0 radical (unpaired) electrons. The number of hydrogen-bond donors (Lipinski definition) is 2. The number of rotatable bonds is 2. The number of guanidine groups is 2. The predicted octanol–water partition coefficient (Wildman–Crippen LogP) is 5.01. The van der Waals surface area contributed by atoms with Gasteiger partial charge in [0.05, 0.1) is 11.1 Å². The number of aliphatic imine (C=N–C) groups is 2. The molecule has 0 spiro atoms. The zero-order valence-corrected chi connectivity index (χ0v) is 19.8. The molecule has 0 aliphatic carbocycles. The number of benzene rings is 1. The third-order valence-electron chi connectivity index (χ3n) is 5.07. The van der Waals surface area contributed by atoms with Crippen LogP contribution in [0.3, 0.4) is 0 Å². The highest BCUT2D eigenvalue weighted by Gasteiger charge is 2.21. The lowest BCUT2D eigenvalue weighted by Crippen LogP contribution is -2.37. The van der Waals surface area contributed by atoms with Crippen molar-refractivity contribution in [3.8, 4) is 0 Å². The van der Waals surface area contributed by atoms with E-state index in [4.69, 9.17) is 9.98 Å². The van der Waals surface area contributed by atoms with Gasteiger partial charge in [0.25, 0.3) is 0 Å². The summed E-state index contributed by atoms with van der Waals surface area (Å²) in [5, 5.41) is 7.18. The fourth-order valence-electron chi connectivity index (χ4n) is 3.78. The van der Waals surface area contributed by atoms with E-state index in [-0.39, 0.29) is 11.1 Å². The maximum absolute atomic E-state index is 4.97. The van der Waals surface area contributed by atoms with Crippen LogP contribution in [0.1, 0.15) is 67.2 Å². The van der Waals surface area contributed by atoms with Gasteiger partial charge in [0, 0.05) is 37.6 Å². The van der Waals surface area contributed by atoms with Gasteiger partial charge in [0.2, 0.25) is 0 Å². The van der Waals surface area contributed by atoms with Crippen molar-refractivity contribution in [3.63, 3.8) is 0 Å². The van der Waals surface area contributed by atoms with Crippen molar-refractivity contribution >= 4 is 23.3 Å². The fraction of sp³-hybridized carbons (Fsp3) is 0.667. The predicted molar refractivity (Wildman–Crippen MR) is 130 cm³/mol. The second kappa shape index (κ2) is 9.27. The van der Waals surface area contributed by atoms with E-state index in [0.717, 1.165) is 49.5 Å². The lowest BCUT2D eigenvalue weighted by molar-refractivity contribution is 0.493. The number of anilines is 2. The number of likely N-dealkylation sites (tertiary alicyclic amines) is 2. The highest BCUT2D eigenvalue weighted by Crippen LogP contribution is 2.21. The summed E-state index contributed by atoms with van der Waals surface area (Å²) in [5.74, 6) is 1.94. The third-order valence-corrected chi connectivity index (χ3v) is 5.07. The van der Waals surface area contributed by atoms with E-state index < -0.39 is 0 Å². The molecule has 2 N–H and O–H groups in total. The number of nitrogens with zero attached hydrogens (tertiary/aromatic N) is 4. The quantitative estimate of drug-likeness (QED) is 0.529. The van der Waals surface area contributed by atoms with Crippen LogP contribution in [-0.2, 0) is 0 Å². The van der Waals surface area contributed by atoms with Gasteiger partial charge in [-0.15, -0.1) is 0 Å². The summed E-state index contributed by atoms with van der Waals surface area (Å²) in [6, 6.07) is 8.45. The molecule has 6 nitrogen and oxygen atoms in total. The minimum Gasteiger partial charge on any atom is -0.343 e. The van der Waals surface area contributed by atoms with Crippen LogP contribution >= 0.6 is 0 Å². The highest BCUT2D eigenvalue weighted by atomic mass is 15.3. The Labute approximate surface area is 182 Å². The van der Waals surface area contributed by atoms with Crippen LogP contribution in [0, 0.1) is 0 Å². The van der Waals surface area contributed by atoms with Crippen molar-refractivity contribution in [2.75, 3.05) is 36.8 Å². The molecule has 6 heteroatoms. The Balaban J connectivity index is 1.80. The zero-order valence-electron chi connectivity index (χ0n) is 19.8. The Morgan fingerprint density at radius 3 is 1.40 bits per heavy atom. The molecular weight excluding hydrogens is 372 g/mol. The van der Waals surface area contributed by atoms with Crippen LogP contribution in [0.5, 0.6) is 0 Å². The van der Waals surface area contributed by atoms with Gasteiger partial charge in [0.1, 0.15) is 0 Å². The van der Waals surface area contributed by atoms with Crippen LogP contribution in [0.4, 0.5) is 11.4 Å². The van der Waals surface area contributed by atoms with Gasteiger partial charge in [-0.2, -0.15) is 0 Å². The smallest absolute Gasteiger partial charge is 0.198 e. The summed E-state index contributed by atoms with van der Waals surface area (Å²) in [6.07, 6.45) is 4.92. The van der Waals surface area contributed by atoms with Crippen molar-refractivity contribution in [2.45, 2.75) is 78.3 Å². The molecule has 0 unspecified atom stereocenters. The summed E-state index contributed by atoms with van der Waals surface area (Å²) < 4.78 is 0. The minimum atomic E-state index is -0.122. The molecule has 166 valence electrons. The van der Waals surface area contributed by atoms with Crippen LogP contribution < -0.4 is 10.6 Å². The first-order chi connectivity index (χ1) is 14.1. The van der Waals surface area contributed by atoms with E-state index in [1.807, 2.05) is 0 Å². The first-order valence-electron chi connectivity index (χ1n) is 11.4. The molecule has 2 fully saturated rings. The van der Waals surface area contributed by atoms with E-state index in [0.29, 0.717) is 0 Å².